The van der Waals surface area contributed by atoms with E-state index < -0.39 is 24.0 Å². The minimum atomic E-state index is -1.11. The quantitative estimate of drug-likeness (QED) is 0.581. The van der Waals surface area contributed by atoms with Crippen molar-refractivity contribution < 1.29 is 24.2 Å². The van der Waals surface area contributed by atoms with Gasteiger partial charge in [0.15, 0.2) is 0 Å². The second-order valence-corrected chi connectivity index (χ2v) is 7.66. The summed E-state index contributed by atoms with van der Waals surface area (Å²) in [7, 11) is 0. The molecule has 0 saturated heterocycles. The fourth-order valence-corrected chi connectivity index (χ4v) is 3.75. The van der Waals surface area contributed by atoms with Crippen LogP contribution in [0, 0.1) is 17.8 Å². The van der Waals surface area contributed by atoms with Crippen molar-refractivity contribution in [2.24, 2.45) is 5.92 Å². The van der Waals surface area contributed by atoms with E-state index in [1.54, 1.807) is 6.92 Å². The SMILES string of the molecule is CC[C@H](C)[C@H](NC(=O)C#CCNC(=O)OCC1c2ccccc2-c2ccccc21)C(=O)O. The Morgan fingerprint density at radius 1 is 1.06 bits per heavy atom. The molecule has 7 nitrogen and oxygen atoms in total. The van der Waals surface area contributed by atoms with Crippen LogP contribution in [0.15, 0.2) is 48.5 Å². The fourth-order valence-electron chi connectivity index (χ4n) is 3.75. The summed E-state index contributed by atoms with van der Waals surface area (Å²) in [5, 5.41) is 14.1. The predicted octanol–water partition coefficient (Wildman–Crippen LogP) is 3.14. The molecule has 0 saturated carbocycles. The van der Waals surface area contributed by atoms with Gasteiger partial charge in [0.1, 0.15) is 12.6 Å². The van der Waals surface area contributed by atoms with Crippen LogP contribution in [0.1, 0.15) is 37.3 Å². The average molecular weight is 434 g/mol. The lowest BCUT2D eigenvalue weighted by Crippen LogP contribution is -2.44. The summed E-state index contributed by atoms with van der Waals surface area (Å²) in [4.78, 5) is 35.2. The van der Waals surface area contributed by atoms with Gasteiger partial charge in [0.2, 0.25) is 0 Å². The lowest BCUT2D eigenvalue weighted by Gasteiger charge is -2.18. The molecule has 2 aromatic carbocycles. The Hall–Kier alpha value is -3.79. The van der Waals surface area contributed by atoms with E-state index >= 15 is 0 Å². The Bertz CT molecular complexity index is 1020. The van der Waals surface area contributed by atoms with Gasteiger partial charge >= 0.3 is 12.1 Å². The molecule has 0 aromatic heterocycles. The van der Waals surface area contributed by atoms with Crippen molar-refractivity contribution in [2.45, 2.75) is 32.2 Å². The number of carboxylic acids is 1. The number of benzene rings is 2. The number of carbonyl (C=O) groups is 3. The number of aliphatic carboxylic acids is 1. The summed E-state index contributed by atoms with van der Waals surface area (Å²) in [6, 6.07) is 15.1. The minimum Gasteiger partial charge on any atom is -0.480 e. The van der Waals surface area contributed by atoms with E-state index in [0.717, 1.165) is 22.3 Å². The molecule has 1 aliphatic rings. The molecular weight excluding hydrogens is 408 g/mol. The zero-order chi connectivity index (χ0) is 23.1. The second-order valence-electron chi connectivity index (χ2n) is 7.66. The fraction of sp³-hybridized carbons (Fsp3) is 0.320. The maximum atomic E-state index is 12.1. The first-order chi connectivity index (χ1) is 15.4. The first kappa shape index (κ1) is 22.9. The third-order valence-corrected chi connectivity index (χ3v) is 5.63. The van der Waals surface area contributed by atoms with E-state index in [-0.39, 0.29) is 25.0 Å². The molecule has 3 rings (SSSR count). The summed E-state index contributed by atoms with van der Waals surface area (Å²) in [6.45, 7) is 3.68. The van der Waals surface area contributed by atoms with Gasteiger partial charge in [-0.25, -0.2) is 9.59 Å². The molecule has 0 bridgehead atoms. The van der Waals surface area contributed by atoms with Crippen LogP contribution in [0.5, 0.6) is 0 Å². The molecule has 0 heterocycles. The van der Waals surface area contributed by atoms with E-state index in [9.17, 15) is 19.5 Å². The summed E-state index contributed by atoms with van der Waals surface area (Å²) in [5.41, 5.74) is 4.52. The molecule has 0 unspecified atom stereocenters. The van der Waals surface area contributed by atoms with Crippen LogP contribution in [0.4, 0.5) is 4.79 Å². The van der Waals surface area contributed by atoms with Gasteiger partial charge in [-0.15, -0.1) is 0 Å². The monoisotopic (exact) mass is 434 g/mol. The third-order valence-electron chi connectivity index (χ3n) is 5.63. The Morgan fingerprint density at radius 3 is 2.22 bits per heavy atom. The normalized spacial score (nSPS) is 13.6. The Labute approximate surface area is 187 Å². The van der Waals surface area contributed by atoms with Crippen molar-refractivity contribution in [2.75, 3.05) is 13.2 Å². The predicted molar refractivity (Wildman–Crippen MR) is 120 cm³/mol. The third kappa shape index (κ3) is 5.27. The molecule has 0 aliphatic heterocycles. The van der Waals surface area contributed by atoms with Crippen LogP contribution in [-0.2, 0) is 14.3 Å². The van der Waals surface area contributed by atoms with Crippen LogP contribution in [-0.4, -0.2) is 42.3 Å². The van der Waals surface area contributed by atoms with Crippen LogP contribution >= 0.6 is 0 Å². The minimum absolute atomic E-state index is 0.0430. The molecule has 32 heavy (non-hydrogen) atoms. The van der Waals surface area contributed by atoms with Crippen molar-refractivity contribution >= 4 is 18.0 Å². The Balaban J connectivity index is 1.50. The molecule has 3 N–H and O–H groups in total. The Morgan fingerprint density at radius 2 is 1.66 bits per heavy atom. The van der Waals surface area contributed by atoms with E-state index in [1.807, 2.05) is 43.3 Å². The smallest absolute Gasteiger partial charge is 0.407 e. The van der Waals surface area contributed by atoms with Crippen molar-refractivity contribution in [1.29, 1.82) is 0 Å². The number of nitrogens with one attached hydrogen (secondary N) is 2. The standard InChI is InChI=1S/C25H26N2O5/c1-3-16(2)23(24(29)30)27-22(28)13-8-14-26-25(31)32-15-21-19-11-6-4-9-17(19)18-10-5-7-12-20(18)21/h4-7,9-12,16,21,23H,3,14-15H2,1-2H3,(H,26,31)(H,27,28)(H,29,30)/t16-,23-/m0/s1. The van der Waals surface area contributed by atoms with E-state index in [1.165, 1.54) is 0 Å². The van der Waals surface area contributed by atoms with E-state index in [0.29, 0.717) is 6.42 Å². The maximum absolute atomic E-state index is 12.1. The maximum Gasteiger partial charge on any atom is 0.407 e. The lowest BCUT2D eigenvalue weighted by atomic mass is 9.98. The van der Waals surface area contributed by atoms with E-state index in [2.05, 4.69) is 34.6 Å². The molecule has 166 valence electrons. The number of ether oxygens (including phenoxy) is 1. The molecule has 0 radical (unpaired) electrons. The van der Waals surface area contributed by atoms with Crippen LogP contribution in [0.2, 0.25) is 0 Å². The second kappa shape index (κ2) is 10.5. The number of carbonyl (C=O) groups excluding carboxylic acids is 2. The molecule has 2 amide bonds. The number of amides is 2. The zero-order valence-electron chi connectivity index (χ0n) is 18.1. The van der Waals surface area contributed by atoms with Gasteiger partial charge in [-0.3, -0.25) is 4.79 Å². The number of carboxylic acid groups (broad SMARTS) is 1. The number of hydrogen-bond acceptors (Lipinski definition) is 4. The zero-order valence-corrected chi connectivity index (χ0v) is 18.1. The summed E-state index contributed by atoms with van der Waals surface area (Å²) in [5.74, 6) is 2.73. The van der Waals surface area contributed by atoms with Gasteiger partial charge in [-0.2, -0.15) is 0 Å². The first-order valence-corrected chi connectivity index (χ1v) is 10.5. The first-order valence-electron chi connectivity index (χ1n) is 10.5. The molecule has 1 aliphatic carbocycles. The van der Waals surface area contributed by atoms with Gasteiger partial charge in [0.25, 0.3) is 5.91 Å². The summed E-state index contributed by atoms with van der Waals surface area (Å²) in [6.07, 6.45) is -0.0295. The molecule has 2 atom stereocenters. The van der Waals surface area contributed by atoms with Crippen LogP contribution < -0.4 is 10.6 Å². The summed E-state index contributed by atoms with van der Waals surface area (Å²) < 4.78 is 5.39. The molecule has 0 fully saturated rings. The molecular formula is C25H26N2O5. The van der Waals surface area contributed by atoms with Crippen LogP contribution in [0.25, 0.3) is 11.1 Å². The van der Waals surface area contributed by atoms with Gasteiger partial charge < -0.3 is 20.5 Å². The van der Waals surface area contributed by atoms with Gasteiger partial charge in [0.05, 0.1) is 6.54 Å². The number of alkyl carbamates (subject to hydrolysis) is 1. The van der Waals surface area contributed by atoms with Gasteiger partial charge in [-0.1, -0.05) is 74.7 Å². The van der Waals surface area contributed by atoms with Crippen molar-refractivity contribution in [1.82, 2.24) is 10.6 Å². The topological polar surface area (TPSA) is 105 Å². The lowest BCUT2D eigenvalue weighted by molar-refractivity contribution is -0.142. The van der Waals surface area contributed by atoms with Crippen LogP contribution in [0.3, 0.4) is 0 Å². The van der Waals surface area contributed by atoms with Gasteiger partial charge in [0, 0.05) is 5.92 Å². The highest BCUT2D eigenvalue weighted by molar-refractivity contribution is 5.96. The average Bonchev–Trinajstić information content (AvgIpc) is 3.12. The number of fused-ring (bicyclic) bond motifs is 3. The largest absolute Gasteiger partial charge is 0.480 e. The summed E-state index contributed by atoms with van der Waals surface area (Å²) >= 11 is 0. The van der Waals surface area contributed by atoms with Crippen molar-refractivity contribution in [3.05, 3.63) is 59.7 Å². The van der Waals surface area contributed by atoms with Gasteiger partial charge in [-0.05, 0) is 34.1 Å². The molecule has 0 spiro atoms. The number of hydrogen-bond donors (Lipinski definition) is 3. The van der Waals surface area contributed by atoms with Crippen molar-refractivity contribution in [3.63, 3.8) is 0 Å². The highest BCUT2D eigenvalue weighted by Gasteiger charge is 2.29. The molecule has 2 aromatic rings. The number of rotatable bonds is 7. The highest BCUT2D eigenvalue weighted by atomic mass is 16.5. The highest BCUT2D eigenvalue weighted by Crippen LogP contribution is 2.44. The van der Waals surface area contributed by atoms with E-state index in [4.69, 9.17) is 4.74 Å². The van der Waals surface area contributed by atoms with Crippen molar-refractivity contribution in [3.8, 4) is 23.0 Å². The Kier molecular flexibility index (Phi) is 7.50. The molecule has 7 heteroatoms.